The van der Waals surface area contributed by atoms with Gasteiger partial charge in [0.05, 0.1) is 46.2 Å². The molecule has 7 aliphatic heterocycles. The summed E-state index contributed by atoms with van der Waals surface area (Å²) in [7, 11) is 0. The fourth-order valence-electron chi connectivity index (χ4n) is 13.8. The largest absolute Gasteiger partial charge is 0.396 e. The summed E-state index contributed by atoms with van der Waals surface area (Å²) in [5.41, 5.74) is 14.1. The van der Waals surface area contributed by atoms with E-state index in [2.05, 4.69) is 95.9 Å². The molecule has 0 aliphatic carbocycles. The van der Waals surface area contributed by atoms with Gasteiger partial charge in [-0.15, -0.1) is 0 Å². The van der Waals surface area contributed by atoms with Crippen molar-refractivity contribution in [3.05, 3.63) is 139 Å². The molecule has 0 bridgehead atoms. The highest BCUT2D eigenvalue weighted by atomic mass is 35.5. The molecule has 100 heavy (non-hydrogen) atoms. The Morgan fingerprint density at radius 2 is 0.900 bits per heavy atom. The van der Waals surface area contributed by atoms with E-state index in [1.807, 2.05) is 50.1 Å². The quantitative estimate of drug-likeness (QED) is 0.0276. The van der Waals surface area contributed by atoms with E-state index in [-0.39, 0.29) is 24.7 Å². The Kier molecular flexibility index (Phi) is 20.4. The minimum atomic E-state index is 0.103. The van der Waals surface area contributed by atoms with E-state index in [0.717, 1.165) is 182 Å². The minimum absolute atomic E-state index is 0.103. The van der Waals surface area contributed by atoms with Crippen LogP contribution in [-0.4, -0.2) is 179 Å². The van der Waals surface area contributed by atoms with E-state index >= 15 is 0 Å². The van der Waals surface area contributed by atoms with Gasteiger partial charge in [0, 0.05) is 89.0 Å². The number of nitrogens with zero attached hydrogens (tertiary/aromatic N) is 18. The molecule has 29 nitrogen and oxygen atoms in total. The summed E-state index contributed by atoms with van der Waals surface area (Å²) in [6.45, 7) is 38.1. The minimum Gasteiger partial charge on any atom is -0.396 e. The molecule has 0 unspecified atom stereocenters. The molecule has 3 aromatic carbocycles. The lowest BCUT2D eigenvalue weighted by Gasteiger charge is -2.32. The number of halogens is 1. The zero-order chi connectivity index (χ0) is 68.6. The number of imidazole rings is 3. The number of ether oxygens (including phenoxy) is 3. The average Bonchev–Trinajstić information content (AvgIpc) is 1.60. The maximum atomic E-state index is 9.19. The third kappa shape index (κ3) is 14.1. The second-order valence-corrected chi connectivity index (χ2v) is 25.8. The van der Waals surface area contributed by atoms with Crippen LogP contribution in [0.2, 0.25) is 5.02 Å². The van der Waals surface area contributed by atoms with Crippen LogP contribution in [-0.2, 0) is 14.2 Å². The Morgan fingerprint density at radius 1 is 0.520 bits per heavy atom. The van der Waals surface area contributed by atoms with Crippen molar-refractivity contribution in [3.63, 3.8) is 0 Å². The van der Waals surface area contributed by atoms with E-state index in [1.165, 1.54) is 32.4 Å². The number of aromatic nitrogens is 12. The molecule has 30 heteroatoms. The van der Waals surface area contributed by atoms with E-state index < -0.39 is 0 Å². The highest BCUT2D eigenvalue weighted by molar-refractivity contribution is 6.31. The van der Waals surface area contributed by atoms with Crippen LogP contribution >= 0.6 is 11.6 Å². The third-order valence-electron chi connectivity index (χ3n) is 18.8. The first kappa shape index (κ1) is 67.0. The summed E-state index contributed by atoms with van der Waals surface area (Å²) in [6, 6.07) is 17.2. The standard InChI is InChI=1S/C27H33N9O.C22H25N9O.C21H24ClN7O2/c1-19-31-24-25(29-11-6-14-34-12-4-3-5-13-34)32-27(33-26(24)36(19)21-9-15-37-16-10-21)35-18-30-22-8-7-20(28-2)17-23(22)35;1-14-27-19-20(25-9-3-8-23)28-22(29-21(19)31(14)16-6-10-32-11-7-16)30-13-26-17-5-4-15(24-2)12-18(17)30;1-13-25-18-19(23-7-2-8-30)26-21(27-20(18)29(13)15-5-9-31-10-6-15)28-12-24-16-4-3-14(22)11-17(16)28/h7-8,17-18,21,31H,1,3-6,9-16H2,(H,29,32,33);4-5,12-13,16,27H,1,3,6-11,23H2,(H,25,28,29);3-4,11-12,15,25,30H,1-2,5-10H2,(H,23,26,27). The molecule has 0 saturated carbocycles. The number of rotatable bonds is 19. The normalized spacial score (nSPS) is 17.2. The first-order valence-electron chi connectivity index (χ1n) is 34.4. The predicted octanol–water partition coefficient (Wildman–Crippen LogP) is 10.7. The summed E-state index contributed by atoms with van der Waals surface area (Å²) < 4.78 is 22.2. The summed E-state index contributed by atoms with van der Waals surface area (Å²) in [5, 5.41) is 30.3. The van der Waals surface area contributed by atoms with Gasteiger partial charge >= 0.3 is 0 Å². The number of piperidine rings is 1. The summed E-state index contributed by atoms with van der Waals surface area (Å²) in [5.74, 6) is 8.36. The maximum absolute atomic E-state index is 9.19. The van der Waals surface area contributed by atoms with E-state index in [0.29, 0.717) is 85.1 Å². The van der Waals surface area contributed by atoms with Crippen LogP contribution in [0, 0.1) is 13.1 Å². The molecule has 9 aromatic rings. The molecule has 0 spiro atoms. The number of nitrogens with one attached hydrogen (secondary N) is 6. The number of anilines is 9. The van der Waals surface area contributed by atoms with Gasteiger partial charge in [-0.3, -0.25) is 13.7 Å². The molecule has 4 fully saturated rings. The fraction of sp³-hybridized carbons (Fsp3) is 0.414. The summed E-state index contributed by atoms with van der Waals surface area (Å²) in [6.07, 6.45) is 17.0. The topological polar surface area (TPSA) is 299 Å². The lowest BCUT2D eigenvalue weighted by atomic mass is 10.1. The number of aliphatic hydroxyl groups is 1. The van der Waals surface area contributed by atoms with Gasteiger partial charge in [-0.05, 0) is 139 Å². The Morgan fingerprint density at radius 3 is 1.29 bits per heavy atom. The lowest BCUT2D eigenvalue weighted by Crippen LogP contribution is -2.38. The molecule has 4 saturated heterocycles. The zero-order valence-electron chi connectivity index (χ0n) is 55.8. The lowest BCUT2D eigenvalue weighted by molar-refractivity contribution is 0.0858. The van der Waals surface area contributed by atoms with Crippen LogP contribution in [0.25, 0.3) is 60.6 Å². The Bertz CT molecular complexity index is 4570. The third-order valence-corrected chi connectivity index (χ3v) is 19.1. The van der Waals surface area contributed by atoms with Crippen LogP contribution in [0.5, 0.6) is 0 Å². The number of hydrogen-bond acceptors (Lipinski definition) is 24. The van der Waals surface area contributed by atoms with Crippen LogP contribution in [0.15, 0.2) is 111 Å². The second kappa shape index (κ2) is 30.5. The van der Waals surface area contributed by atoms with Gasteiger partial charge in [0.2, 0.25) is 17.8 Å². The van der Waals surface area contributed by atoms with E-state index in [9.17, 15) is 5.11 Å². The van der Waals surface area contributed by atoms with Crippen molar-refractivity contribution in [3.8, 4) is 17.8 Å². The molecular weight excluding hydrogens is 1290 g/mol. The zero-order valence-corrected chi connectivity index (χ0v) is 56.6. The number of benzene rings is 3. The fourth-order valence-corrected chi connectivity index (χ4v) is 13.9. The van der Waals surface area contributed by atoms with Crippen molar-refractivity contribution < 1.29 is 19.3 Å². The van der Waals surface area contributed by atoms with Crippen molar-refractivity contribution in [2.24, 2.45) is 5.73 Å². The van der Waals surface area contributed by atoms with Crippen LogP contribution in [0.4, 0.5) is 63.3 Å². The maximum Gasteiger partial charge on any atom is 0.239 e. The molecule has 0 radical (unpaired) electrons. The van der Waals surface area contributed by atoms with Gasteiger partial charge < -0.3 is 76.6 Å². The van der Waals surface area contributed by atoms with Gasteiger partial charge in [0.25, 0.3) is 0 Å². The Labute approximate surface area is 584 Å². The highest BCUT2D eigenvalue weighted by Crippen LogP contribution is 2.46. The summed E-state index contributed by atoms with van der Waals surface area (Å²) >= 11 is 6.23. The second-order valence-electron chi connectivity index (χ2n) is 25.4. The molecule has 16 rings (SSSR count). The van der Waals surface area contributed by atoms with Gasteiger partial charge in [-0.25, -0.2) is 24.6 Å². The van der Waals surface area contributed by atoms with Crippen LogP contribution in [0.3, 0.4) is 0 Å². The molecule has 0 amide bonds. The van der Waals surface area contributed by atoms with Gasteiger partial charge in [0.1, 0.15) is 53.5 Å². The molecule has 6 aromatic heterocycles. The molecule has 13 heterocycles. The highest BCUT2D eigenvalue weighted by Gasteiger charge is 2.38. The van der Waals surface area contributed by atoms with Crippen molar-refractivity contribution in [2.45, 2.75) is 95.2 Å². The molecule has 0 atom stereocenters. The number of aliphatic hydroxyl groups excluding tert-OH is 1. The number of nitrogens with two attached hydrogens (primary N) is 1. The van der Waals surface area contributed by atoms with Gasteiger partial charge in [-0.2, -0.15) is 29.9 Å². The van der Waals surface area contributed by atoms with Gasteiger partial charge in [-0.1, -0.05) is 49.9 Å². The molecular formula is C70H82ClN25O4. The van der Waals surface area contributed by atoms with E-state index in [1.54, 1.807) is 37.2 Å². The number of fused-ring (bicyclic) bond motifs is 6. The molecule has 518 valence electrons. The summed E-state index contributed by atoms with van der Waals surface area (Å²) in [4.78, 5) is 59.1. The number of hydrogen-bond donors (Lipinski definition) is 8. The SMILES string of the molecule is C=C1Nc2c(NCCCO)nc(-n3cnc4ccc(Cl)cc43)nc2N1C1CCOCC1.[C-]#[N+]c1ccc2ncn(-c3nc(NCCCN)c4c(n3)N(C3CCOCC3)C(=C)N4)c2c1.[C-]#[N+]c1ccc2ncn(-c3nc(NCCCN4CCCCC4)c4c(n3)N(C3CCOCC3)C(=C)N4)c2c1. The molecule has 9 N–H and O–H groups in total. The Hall–Kier alpha value is -10.2. The predicted molar refractivity (Wildman–Crippen MR) is 391 cm³/mol. The monoisotopic (exact) mass is 1370 g/mol. The van der Waals surface area contributed by atoms with Crippen molar-refractivity contribution in [1.29, 1.82) is 0 Å². The molecule has 7 aliphatic rings. The van der Waals surface area contributed by atoms with Crippen molar-refractivity contribution in [2.75, 3.05) is 139 Å². The smallest absolute Gasteiger partial charge is 0.239 e. The van der Waals surface area contributed by atoms with E-state index in [4.69, 9.17) is 74.6 Å². The Balaban J connectivity index is 0.000000128. The van der Waals surface area contributed by atoms with Crippen molar-refractivity contribution in [1.82, 2.24) is 63.5 Å². The average molecular weight is 1370 g/mol. The van der Waals surface area contributed by atoms with Crippen LogP contribution in [0.1, 0.15) is 77.0 Å². The van der Waals surface area contributed by atoms with Crippen molar-refractivity contribution >= 4 is 108 Å². The van der Waals surface area contributed by atoms with Gasteiger partial charge in [0.15, 0.2) is 46.3 Å². The van der Waals surface area contributed by atoms with Crippen LogP contribution < -0.4 is 52.3 Å². The number of likely N-dealkylation sites (tertiary alicyclic amines) is 1. The first-order chi connectivity index (χ1) is 49.1. The first-order valence-corrected chi connectivity index (χ1v) is 34.8.